The Morgan fingerprint density at radius 2 is 1.50 bits per heavy atom. The van der Waals surface area contributed by atoms with E-state index in [-0.39, 0.29) is 30.2 Å². The largest absolute Gasteiger partial charge is 0.416 e. The normalized spacial score (nSPS) is 14.6. The molecule has 0 saturated heterocycles. The number of halogens is 7. The van der Waals surface area contributed by atoms with E-state index in [0.29, 0.717) is 17.7 Å². The maximum absolute atomic E-state index is 13.6. The van der Waals surface area contributed by atoms with Gasteiger partial charge in [-0.2, -0.15) is 26.3 Å². The van der Waals surface area contributed by atoms with Crippen LogP contribution in [0.15, 0.2) is 36.4 Å². The van der Waals surface area contributed by atoms with Crippen LogP contribution in [0.3, 0.4) is 0 Å². The predicted molar refractivity (Wildman–Crippen MR) is 94.8 cm³/mol. The molecule has 2 aromatic carbocycles. The highest BCUT2D eigenvalue weighted by molar-refractivity contribution is 5.34. The number of hydrogen-bond donors (Lipinski definition) is 2. The number of alkyl halides is 6. The summed E-state index contributed by atoms with van der Waals surface area (Å²) in [5.74, 6) is -0.626. The van der Waals surface area contributed by atoms with Crippen molar-refractivity contribution in [1.82, 2.24) is 0 Å². The van der Waals surface area contributed by atoms with Gasteiger partial charge >= 0.3 is 12.4 Å². The molecular weight excluding hydrogens is 419 g/mol. The Labute approximate surface area is 168 Å². The summed E-state index contributed by atoms with van der Waals surface area (Å²) < 4.78 is 96.6. The third kappa shape index (κ3) is 5.93. The molecule has 0 radical (unpaired) electrons. The molecule has 0 bridgehead atoms. The Hall–Kier alpha value is -2.17. The van der Waals surface area contributed by atoms with Crippen molar-refractivity contribution in [2.24, 2.45) is 5.73 Å². The zero-order valence-corrected chi connectivity index (χ0v) is 15.9. The van der Waals surface area contributed by atoms with E-state index in [1.807, 2.05) is 0 Å². The topological polar surface area (TPSA) is 55.5 Å². The summed E-state index contributed by atoms with van der Waals surface area (Å²) in [4.78, 5) is 0. The van der Waals surface area contributed by atoms with Gasteiger partial charge in [-0.15, -0.1) is 0 Å². The van der Waals surface area contributed by atoms with Crippen LogP contribution < -0.4 is 5.73 Å². The molecule has 10 heteroatoms. The lowest BCUT2D eigenvalue weighted by Gasteiger charge is -2.30. The summed E-state index contributed by atoms with van der Waals surface area (Å²) in [7, 11) is 0. The first-order valence-corrected chi connectivity index (χ1v) is 8.81. The standard InChI is InChI=1S/C20H20F7NO2/c1-12-2-3-16(21)9-17(12)18(29,4-5-28)11-30-10-13-6-14(19(22,23)24)8-15(7-13)20(25,26)27/h2-3,6-9,29H,4-5,10-11,28H2,1H3. The van der Waals surface area contributed by atoms with Crippen LogP contribution in [0, 0.1) is 12.7 Å². The fraction of sp³-hybridized carbons (Fsp3) is 0.400. The number of nitrogens with two attached hydrogens (primary N) is 1. The van der Waals surface area contributed by atoms with Gasteiger partial charge in [-0.3, -0.25) is 0 Å². The number of ether oxygens (including phenoxy) is 1. The highest BCUT2D eigenvalue weighted by Gasteiger charge is 2.37. The van der Waals surface area contributed by atoms with Crippen molar-refractivity contribution < 1.29 is 40.6 Å². The summed E-state index contributed by atoms with van der Waals surface area (Å²) in [6.45, 7) is 0.455. The van der Waals surface area contributed by atoms with Crippen LogP contribution in [0.1, 0.15) is 34.2 Å². The average Bonchev–Trinajstić information content (AvgIpc) is 2.62. The SMILES string of the molecule is Cc1ccc(F)cc1C(O)(CCN)COCc1cc(C(F)(F)F)cc(C(F)(F)F)c1. The lowest BCUT2D eigenvalue weighted by molar-refractivity contribution is -0.143. The summed E-state index contributed by atoms with van der Waals surface area (Å²) >= 11 is 0. The molecule has 3 N–H and O–H groups in total. The first-order chi connectivity index (χ1) is 13.8. The minimum Gasteiger partial charge on any atom is -0.383 e. The second-order valence-electron chi connectivity index (χ2n) is 6.94. The van der Waals surface area contributed by atoms with Gasteiger partial charge in [0.25, 0.3) is 0 Å². The molecule has 2 aromatic rings. The highest BCUT2D eigenvalue weighted by atomic mass is 19.4. The van der Waals surface area contributed by atoms with Crippen LogP contribution >= 0.6 is 0 Å². The van der Waals surface area contributed by atoms with Gasteiger partial charge in [-0.1, -0.05) is 6.07 Å². The molecule has 1 atom stereocenters. The molecule has 30 heavy (non-hydrogen) atoms. The van der Waals surface area contributed by atoms with E-state index in [9.17, 15) is 35.8 Å². The zero-order valence-electron chi connectivity index (χ0n) is 15.9. The molecule has 0 heterocycles. The van der Waals surface area contributed by atoms with E-state index in [4.69, 9.17) is 10.5 Å². The Balaban J connectivity index is 2.27. The Morgan fingerprint density at radius 3 is 2.00 bits per heavy atom. The van der Waals surface area contributed by atoms with Crippen molar-refractivity contribution >= 4 is 0 Å². The summed E-state index contributed by atoms with van der Waals surface area (Å²) in [5, 5.41) is 10.9. The second kappa shape index (κ2) is 8.91. The molecule has 0 aliphatic heterocycles. The maximum Gasteiger partial charge on any atom is 0.416 e. The van der Waals surface area contributed by atoms with Gasteiger partial charge in [0, 0.05) is 0 Å². The third-order valence-corrected chi connectivity index (χ3v) is 4.52. The summed E-state index contributed by atoms with van der Waals surface area (Å²) in [6.07, 6.45) is -10.0. The Morgan fingerprint density at radius 1 is 0.933 bits per heavy atom. The number of benzene rings is 2. The van der Waals surface area contributed by atoms with Crippen molar-refractivity contribution in [3.63, 3.8) is 0 Å². The van der Waals surface area contributed by atoms with Crippen molar-refractivity contribution in [2.75, 3.05) is 13.2 Å². The molecule has 166 valence electrons. The van der Waals surface area contributed by atoms with Crippen molar-refractivity contribution in [3.8, 4) is 0 Å². The van der Waals surface area contributed by atoms with Gasteiger partial charge in [0.2, 0.25) is 0 Å². The minimum atomic E-state index is -4.98. The fourth-order valence-corrected chi connectivity index (χ4v) is 3.06. The van der Waals surface area contributed by atoms with Crippen LogP contribution in [-0.2, 0) is 29.3 Å². The number of aliphatic hydroxyl groups is 1. The molecule has 0 saturated carbocycles. The van der Waals surface area contributed by atoms with Gasteiger partial charge in [-0.25, -0.2) is 4.39 Å². The van der Waals surface area contributed by atoms with Crippen LogP contribution in [0.25, 0.3) is 0 Å². The van der Waals surface area contributed by atoms with Gasteiger partial charge in [-0.05, 0) is 66.9 Å². The molecule has 1 unspecified atom stereocenters. The first-order valence-electron chi connectivity index (χ1n) is 8.81. The monoisotopic (exact) mass is 439 g/mol. The number of hydrogen-bond acceptors (Lipinski definition) is 3. The van der Waals surface area contributed by atoms with E-state index < -0.39 is 48.1 Å². The lowest BCUT2D eigenvalue weighted by Crippen LogP contribution is -2.35. The third-order valence-electron chi connectivity index (χ3n) is 4.52. The zero-order chi connectivity index (χ0) is 22.7. The average molecular weight is 439 g/mol. The molecule has 0 amide bonds. The molecule has 0 aliphatic rings. The summed E-state index contributed by atoms with van der Waals surface area (Å²) in [5.41, 5.74) is 1.13. The van der Waals surface area contributed by atoms with Crippen LogP contribution in [-0.4, -0.2) is 18.3 Å². The Bertz CT molecular complexity index is 848. The van der Waals surface area contributed by atoms with Crippen LogP contribution in [0.2, 0.25) is 0 Å². The van der Waals surface area contributed by atoms with E-state index in [1.54, 1.807) is 6.92 Å². The molecule has 0 aromatic heterocycles. The maximum atomic E-state index is 13.6. The van der Waals surface area contributed by atoms with E-state index in [2.05, 4.69) is 0 Å². The van der Waals surface area contributed by atoms with Crippen molar-refractivity contribution in [3.05, 3.63) is 70.0 Å². The molecule has 0 aliphatic carbocycles. The van der Waals surface area contributed by atoms with E-state index in [0.717, 1.165) is 6.07 Å². The van der Waals surface area contributed by atoms with Crippen LogP contribution in [0.5, 0.6) is 0 Å². The highest BCUT2D eigenvalue weighted by Crippen LogP contribution is 2.36. The lowest BCUT2D eigenvalue weighted by atomic mass is 9.88. The minimum absolute atomic E-state index is 0.0163. The van der Waals surface area contributed by atoms with E-state index >= 15 is 0 Å². The fourth-order valence-electron chi connectivity index (χ4n) is 3.06. The number of rotatable bonds is 7. The van der Waals surface area contributed by atoms with Gasteiger partial charge in [0.1, 0.15) is 11.4 Å². The van der Waals surface area contributed by atoms with Crippen molar-refractivity contribution in [1.29, 1.82) is 0 Å². The number of aryl methyl sites for hydroxylation is 1. The predicted octanol–water partition coefficient (Wildman–Crippen LogP) is 4.92. The molecule has 0 fully saturated rings. The quantitative estimate of drug-likeness (QED) is 0.602. The Kier molecular flexibility index (Phi) is 7.16. The molecular formula is C20H20F7NO2. The molecule has 3 nitrogen and oxygen atoms in total. The smallest absolute Gasteiger partial charge is 0.383 e. The molecule has 0 spiro atoms. The summed E-state index contributed by atoms with van der Waals surface area (Å²) in [6, 6.07) is 4.80. The van der Waals surface area contributed by atoms with Gasteiger partial charge < -0.3 is 15.6 Å². The van der Waals surface area contributed by atoms with Gasteiger partial charge in [0.15, 0.2) is 0 Å². The molecule has 2 rings (SSSR count). The first kappa shape index (κ1) is 24.1. The second-order valence-corrected chi connectivity index (χ2v) is 6.94. The van der Waals surface area contributed by atoms with Gasteiger partial charge in [0.05, 0.1) is 24.3 Å². The van der Waals surface area contributed by atoms with Crippen molar-refractivity contribution in [2.45, 2.75) is 37.9 Å². The van der Waals surface area contributed by atoms with Crippen LogP contribution in [0.4, 0.5) is 30.7 Å². The van der Waals surface area contributed by atoms with E-state index in [1.165, 1.54) is 12.1 Å².